The van der Waals surface area contributed by atoms with Gasteiger partial charge in [-0.2, -0.15) is 36.5 Å². The molecule has 23 heavy (non-hydrogen) atoms. The molecule has 0 unspecified atom stereocenters. The Kier molecular flexibility index (Phi) is 3.92. The molecule has 0 saturated heterocycles. The standard InChI is InChI=1S/C13H10F6N2O2/c1-7-3-2-4-8(5-7)10(22)21-11(23,13(17,18)19)6-9(20-21)12(14,15)16/h2-5,23H,6H2,1H3/t11-/m1/s1. The number of hydrogen-bond donors (Lipinski definition) is 1. The van der Waals surface area contributed by atoms with Crippen LogP contribution in [0.1, 0.15) is 22.3 Å². The Morgan fingerprint density at radius 2 is 1.87 bits per heavy atom. The molecule has 1 heterocycles. The molecule has 1 aromatic carbocycles. The molecule has 0 aromatic heterocycles. The molecule has 4 nitrogen and oxygen atoms in total. The molecule has 2 rings (SSSR count). The van der Waals surface area contributed by atoms with Crippen LogP contribution in [0.15, 0.2) is 29.4 Å². The molecule has 0 saturated carbocycles. The van der Waals surface area contributed by atoms with Crippen LogP contribution in [0.2, 0.25) is 0 Å². The first kappa shape index (κ1) is 17.3. The third-order valence-electron chi connectivity index (χ3n) is 3.22. The van der Waals surface area contributed by atoms with Gasteiger partial charge in [0.2, 0.25) is 0 Å². The van der Waals surface area contributed by atoms with Crippen molar-refractivity contribution in [2.45, 2.75) is 31.4 Å². The Morgan fingerprint density at radius 1 is 1.26 bits per heavy atom. The summed E-state index contributed by atoms with van der Waals surface area (Å²) < 4.78 is 77.0. The van der Waals surface area contributed by atoms with Gasteiger partial charge < -0.3 is 5.11 Å². The van der Waals surface area contributed by atoms with Crippen LogP contribution < -0.4 is 0 Å². The van der Waals surface area contributed by atoms with Gasteiger partial charge in [-0.25, -0.2) is 0 Å². The van der Waals surface area contributed by atoms with E-state index < -0.39 is 41.1 Å². The Bertz CT molecular complexity index is 667. The van der Waals surface area contributed by atoms with Crippen molar-refractivity contribution in [2.75, 3.05) is 0 Å². The molecule has 1 amide bonds. The van der Waals surface area contributed by atoms with E-state index in [-0.39, 0.29) is 5.56 Å². The maximum atomic E-state index is 13.0. The first-order valence-corrected chi connectivity index (χ1v) is 6.21. The number of aliphatic hydroxyl groups is 1. The van der Waals surface area contributed by atoms with Gasteiger partial charge in [-0.3, -0.25) is 4.79 Å². The van der Waals surface area contributed by atoms with Gasteiger partial charge >= 0.3 is 12.4 Å². The molecule has 0 bridgehead atoms. The number of amides is 1. The van der Waals surface area contributed by atoms with Crippen LogP contribution >= 0.6 is 0 Å². The van der Waals surface area contributed by atoms with Crippen LogP contribution in [-0.4, -0.2) is 39.8 Å². The van der Waals surface area contributed by atoms with Crippen LogP contribution in [0.3, 0.4) is 0 Å². The average molecular weight is 340 g/mol. The molecule has 0 fully saturated rings. The monoisotopic (exact) mass is 340 g/mol. The Hall–Kier alpha value is -2.10. The van der Waals surface area contributed by atoms with E-state index in [1.165, 1.54) is 12.1 Å². The van der Waals surface area contributed by atoms with Crippen LogP contribution in [-0.2, 0) is 0 Å². The molecule has 1 aliphatic rings. The number of carbonyl (C=O) groups is 1. The first-order valence-electron chi connectivity index (χ1n) is 6.21. The molecule has 1 N–H and O–H groups in total. The number of carbonyl (C=O) groups excluding carboxylic acids is 1. The van der Waals surface area contributed by atoms with E-state index in [1.54, 1.807) is 13.0 Å². The minimum Gasteiger partial charge on any atom is -0.362 e. The van der Waals surface area contributed by atoms with E-state index in [9.17, 15) is 36.2 Å². The number of rotatable bonds is 1. The van der Waals surface area contributed by atoms with Gasteiger partial charge in [-0.15, -0.1) is 0 Å². The van der Waals surface area contributed by atoms with Crippen molar-refractivity contribution < 1.29 is 36.2 Å². The lowest BCUT2D eigenvalue weighted by Crippen LogP contribution is -2.56. The second kappa shape index (κ2) is 5.22. The fourth-order valence-corrected chi connectivity index (χ4v) is 2.04. The summed E-state index contributed by atoms with van der Waals surface area (Å²) in [5.74, 6) is -1.48. The van der Waals surface area contributed by atoms with E-state index in [1.807, 2.05) is 0 Å². The van der Waals surface area contributed by atoms with Gasteiger partial charge in [-0.05, 0) is 19.1 Å². The number of nitrogens with zero attached hydrogens (tertiary/aromatic N) is 2. The molecule has 0 spiro atoms. The zero-order valence-electron chi connectivity index (χ0n) is 11.5. The third-order valence-corrected chi connectivity index (χ3v) is 3.22. The molecule has 0 radical (unpaired) electrons. The van der Waals surface area contributed by atoms with Crippen molar-refractivity contribution >= 4 is 11.6 Å². The van der Waals surface area contributed by atoms with Crippen LogP contribution in [0.5, 0.6) is 0 Å². The number of aryl methyl sites for hydroxylation is 1. The van der Waals surface area contributed by atoms with Crippen LogP contribution in [0, 0.1) is 6.92 Å². The van der Waals surface area contributed by atoms with E-state index in [2.05, 4.69) is 5.10 Å². The summed E-state index contributed by atoms with van der Waals surface area (Å²) in [5.41, 5.74) is -5.73. The van der Waals surface area contributed by atoms with Crippen molar-refractivity contribution in [3.05, 3.63) is 35.4 Å². The van der Waals surface area contributed by atoms with Gasteiger partial charge in [-0.1, -0.05) is 17.7 Å². The van der Waals surface area contributed by atoms with Crippen molar-refractivity contribution in [3.63, 3.8) is 0 Å². The minimum absolute atomic E-state index is 0.320. The van der Waals surface area contributed by atoms with Crippen LogP contribution in [0.25, 0.3) is 0 Å². The topological polar surface area (TPSA) is 52.9 Å². The zero-order chi connectivity index (χ0) is 17.6. The highest BCUT2D eigenvalue weighted by atomic mass is 19.4. The van der Waals surface area contributed by atoms with Crippen molar-refractivity contribution in [2.24, 2.45) is 5.10 Å². The van der Waals surface area contributed by atoms with E-state index >= 15 is 0 Å². The van der Waals surface area contributed by atoms with Gasteiger partial charge in [0.25, 0.3) is 11.6 Å². The number of alkyl halides is 6. The van der Waals surface area contributed by atoms with Gasteiger partial charge in [0.05, 0.1) is 6.42 Å². The summed E-state index contributed by atoms with van der Waals surface area (Å²) >= 11 is 0. The summed E-state index contributed by atoms with van der Waals surface area (Å²) in [6, 6.07) is 5.19. The SMILES string of the molecule is Cc1cccc(C(=O)N2N=C(C(F)(F)F)C[C@@]2(O)C(F)(F)F)c1. The molecular weight excluding hydrogens is 330 g/mol. The lowest BCUT2D eigenvalue weighted by atomic mass is 10.0. The van der Waals surface area contributed by atoms with Gasteiger partial charge in [0, 0.05) is 5.56 Å². The maximum absolute atomic E-state index is 13.0. The molecular formula is C13H10F6N2O2. The van der Waals surface area contributed by atoms with Crippen LogP contribution in [0.4, 0.5) is 26.3 Å². The largest absolute Gasteiger partial charge is 0.438 e. The minimum atomic E-state index is -5.51. The number of hydrazone groups is 1. The number of hydrogen-bond acceptors (Lipinski definition) is 3. The number of benzene rings is 1. The van der Waals surface area contributed by atoms with E-state index in [0.717, 1.165) is 6.07 Å². The molecule has 0 aliphatic carbocycles. The van der Waals surface area contributed by atoms with E-state index in [0.29, 0.717) is 5.56 Å². The van der Waals surface area contributed by atoms with Gasteiger partial charge in [0.1, 0.15) is 5.71 Å². The van der Waals surface area contributed by atoms with Crippen molar-refractivity contribution in [1.29, 1.82) is 0 Å². The highest BCUT2D eigenvalue weighted by Crippen LogP contribution is 2.43. The number of halogens is 6. The predicted octanol–water partition coefficient (Wildman–Crippen LogP) is 3.01. The Balaban J connectivity index is 2.50. The molecule has 10 heteroatoms. The van der Waals surface area contributed by atoms with Crippen molar-refractivity contribution in [3.8, 4) is 0 Å². The highest BCUT2D eigenvalue weighted by molar-refractivity contribution is 5.99. The van der Waals surface area contributed by atoms with E-state index in [4.69, 9.17) is 0 Å². The quantitative estimate of drug-likeness (QED) is 0.799. The lowest BCUT2D eigenvalue weighted by Gasteiger charge is -2.32. The fraction of sp³-hybridized carbons (Fsp3) is 0.385. The second-order valence-electron chi connectivity index (χ2n) is 5.02. The smallest absolute Gasteiger partial charge is 0.362 e. The Labute approximate surface area is 126 Å². The highest BCUT2D eigenvalue weighted by Gasteiger charge is 2.66. The van der Waals surface area contributed by atoms with Gasteiger partial charge in [0.15, 0.2) is 0 Å². The molecule has 1 aliphatic heterocycles. The second-order valence-corrected chi connectivity index (χ2v) is 5.02. The average Bonchev–Trinajstić information content (AvgIpc) is 2.77. The Morgan fingerprint density at radius 3 is 2.35 bits per heavy atom. The summed E-state index contributed by atoms with van der Waals surface area (Å²) in [4.78, 5) is 12.1. The third kappa shape index (κ3) is 3.03. The summed E-state index contributed by atoms with van der Waals surface area (Å²) in [7, 11) is 0. The summed E-state index contributed by atoms with van der Waals surface area (Å²) in [6.45, 7) is 1.54. The lowest BCUT2D eigenvalue weighted by molar-refractivity contribution is -0.297. The molecule has 1 aromatic rings. The maximum Gasteiger partial charge on any atom is 0.438 e. The summed E-state index contributed by atoms with van der Waals surface area (Å²) in [5, 5.41) is 11.8. The zero-order valence-corrected chi connectivity index (χ0v) is 11.5. The first-order chi connectivity index (χ1) is 10.4. The predicted molar refractivity (Wildman–Crippen MR) is 66.5 cm³/mol. The normalized spacial score (nSPS) is 22.3. The fourth-order valence-electron chi connectivity index (χ4n) is 2.04. The van der Waals surface area contributed by atoms with Crippen molar-refractivity contribution in [1.82, 2.24) is 5.01 Å². The summed E-state index contributed by atoms with van der Waals surface area (Å²) in [6.07, 6.45) is -12.6. The molecule has 126 valence electrons. The molecule has 1 atom stereocenters.